The van der Waals surface area contributed by atoms with Gasteiger partial charge in [0.05, 0.1) is 16.7 Å². The first-order valence-corrected chi connectivity index (χ1v) is 13.5. The molecule has 0 unspecified atom stereocenters. The van der Waals surface area contributed by atoms with Crippen LogP contribution in [0.1, 0.15) is 35.5 Å². The molecule has 5 rings (SSSR count). The molecular formula is C22H25N5O2S3. The molecule has 10 heteroatoms. The topological polar surface area (TPSA) is 77.1 Å². The first kappa shape index (κ1) is 21.8. The average Bonchev–Trinajstić information content (AvgIpc) is 3.52. The number of fused-ring (bicyclic) bond motifs is 3. The summed E-state index contributed by atoms with van der Waals surface area (Å²) >= 11 is 4.80. The van der Waals surface area contributed by atoms with E-state index in [0.29, 0.717) is 24.0 Å². The van der Waals surface area contributed by atoms with E-state index in [2.05, 4.69) is 29.1 Å². The van der Waals surface area contributed by atoms with E-state index in [9.17, 15) is 4.79 Å². The highest BCUT2D eigenvalue weighted by Crippen LogP contribution is 2.35. The van der Waals surface area contributed by atoms with Crippen LogP contribution in [0.3, 0.4) is 0 Å². The van der Waals surface area contributed by atoms with Crippen LogP contribution in [-0.4, -0.2) is 45.2 Å². The second kappa shape index (κ2) is 9.46. The second-order valence-electron chi connectivity index (χ2n) is 8.22. The van der Waals surface area contributed by atoms with Crippen molar-refractivity contribution < 1.29 is 4.52 Å². The first-order valence-electron chi connectivity index (χ1n) is 10.8. The summed E-state index contributed by atoms with van der Waals surface area (Å²) in [4.78, 5) is 27.4. The van der Waals surface area contributed by atoms with E-state index in [4.69, 9.17) is 9.51 Å². The van der Waals surface area contributed by atoms with Gasteiger partial charge in [0.25, 0.3) is 11.4 Å². The third-order valence-corrected chi connectivity index (χ3v) is 8.43. The highest BCUT2D eigenvalue weighted by Gasteiger charge is 2.22. The largest absolute Gasteiger partial charge is 0.334 e. The van der Waals surface area contributed by atoms with Gasteiger partial charge >= 0.3 is 0 Å². The van der Waals surface area contributed by atoms with E-state index >= 15 is 0 Å². The third kappa shape index (κ3) is 4.41. The van der Waals surface area contributed by atoms with Gasteiger partial charge in [-0.3, -0.25) is 9.36 Å². The third-order valence-electron chi connectivity index (χ3n) is 5.59. The summed E-state index contributed by atoms with van der Waals surface area (Å²) in [6.45, 7) is 1.57. The molecule has 1 aliphatic carbocycles. The predicted octanol–water partition coefficient (Wildman–Crippen LogP) is 4.69. The fourth-order valence-electron chi connectivity index (χ4n) is 4.02. The molecule has 0 N–H and O–H groups in total. The minimum atomic E-state index is 0.0998. The summed E-state index contributed by atoms with van der Waals surface area (Å²) in [5.41, 5.74) is 2.27. The van der Waals surface area contributed by atoms with Crippen LogP contribution in [-0.2, 0) is 25.1 Å². The summed E-state index contributed by atoms with van der Waals surface area (Å²) in [6.07, 6.45) is 5.30. The van der Waals surface area contributed by atoms with Crippen molar-refractivity contribution >= 4 is 44.7 Å². The summed E-state index contributed by atoms with van der Waals surface area (Å²) in [7, 11) is 4.10. The Morgan fingerprint density at radius 2 is 2.12 bits per heavy atom. The number of rotatable bonds is 8. The van der Waals surface area contributed by atoms with Crippen molar-refractivity contribution in [2.24, 2.45) is 0 Å². The van der Waals surface area contributed by atoms with Crippen LogP contribution in [0.4, 0.5) is 0 Å². The average molecular weight is 488 g/mol. The van der Waals surface area contributed by atoms with Gasteiger partial charge < -0.3 is 9.42 Å². The molecule has 0 saturated carbocycles. The van der Waals surface area contributed by atoms with Gasteiger partial charge in [-0.05, 0) is 69.8 Å². The fourth-order valence-corrected chi connectivity index (χ4v) is 6.82. The number of hydrogen-bond donors (Lipinski definition) is 0. The molecule has 0 fully saturated rings. The quantitative estimate of drug-likeness (QED) is 0.263. The van der Waals surface area contributed by atoms with Crippen molar-refractivity contribution in [1.82, 2.24) is 24.6 Å². The Morgan fingerprint density at radius 3 is 2.94 bits per heavy atom. The predicted molar refractivity (Wildman–Crippen MR) is 131 cm³/mol. The Balaban J connectivity index is 1.45. The maximum atomic E-state index is 13.6. The van der Waals surface area contributed by atoms with Crippen LogP contribution in [0.2, 0.25) is 0 Å². The van der Waals surface area contributed by atoms with Gasteiger partial charge in [0, 0.05) is 16.8 Å². The lowest BCUT2D eigenvalue weighted by Crippen LogP contribution is -2.26. The minimum absolute atomic E-state index is 0.0998. The van der Waals surface area contributed by atoms with Crippen molar-refractivity contribution in [3.63, 3.8) is 0 Å². The summed E-state index contributed by atoms with van der Waals surface area (Å²) in [5, 5.41) is 9.68. The van der Waals surface area contributed by atoms with Crippen molar-refractivity contribution in [3.8, 4) is 11.5 Å². The van der Waals surface area contributed by atoms with Crippen LogP contribution in [0, 0.1) is 0 Å². The molecule has 0 amide bonds. The van der Waals surface area contributed by atoms with E-state index in [-0.39, 0.29) is 5.56 Å². The summed E-state index contributed by atoms with van der Waals surface area (Å²) in [6, 6.07) is 1.96. The molecular weight excluding hydrogens is 462 g/mol. The molecule has 0 radical (unpaired) electrons. The SMILES string of the molecule is CN(C)CCCn1c(SCc2noc(-c3ccsc3)n2)nc2sc3c(c2c1=O)CCCC3. The van der Waals surface area contributed by atoms with Gasteiger partial charge in [0.15, 0.2) is 11.0 Å². The summed E-state index contributed by atoms with van der Waals surface area (Å²) < 4.78 is 7.27. The molecule has 0 spiro atoms. The maximum absolute atomic E-state index is 13.6. The van der Waals surface area contributed by atoms with Crippen molar-refractivity contribution in [2.45, 2.75) is 49.6 Å². The van der Waals surface area contributed by atoms with Crippen LogP contribution in [0.5, 0.6) is 0 Å². The molecule has 4 aromatic rings. The first-order chi connectivity index (χ1) is 15.6. The number of thiophene rings is 2. The summed E-state index contributed by atoms with van der Waals surface area (Å²) in [5.74, 6) is 1.64. The van der Waals surface area contributed by atoms with Crippen LogP contribution in [0.25, 0.3) is 21.7 Å². The normalized spacial score (nSPS) is 13.8. The van der Waals surface area contributed by atoms with Crippen LogP contribution >= 0.6 is 34.4 Å². The number of hydrogen-bond acceptors (Lipinski definition) is 9. The van der Waals surface area contributed by atoms with E-state index in [1.165, 1.54) is 28.6 Å². The lowest BCUT2D eigenvalue weighted by Gasteiger charge is -2.14. The lowest BCUT2D eigenvalue weighted by atomic mass is 9.97. The van der Waals surface area contributed by atoms with Gasteiger partial charge in [0.1, 0.15) is 4.83 Å². The fraction of sp³-hybridized carbons (Fsp3) is 0.455. The molecule has 7 nitrogen and oxygen atoms in total. The number of aromatic nitrogens is 4. The molecule has 1 aliphatic rings. The van der Waals surface area contributed by atoms with Gasteiger partial charge in [-0.2, -0.15) is 16.3 Å². The monoisotopic (exact) mass is 487 g/mol. The van der Waals surface area contributed by atoms with Crippen LogP contribution in [0.15, 0.2) is 31.3 Å². The van der Waals surface area contributed by atoms with E-state index < -0.39 is 0 Å². The number of aryl methyl sites for hydroxylation is 2. The maximum Gasteiger partial charge on any atom is 0.263 e. The zero-order valence-corrected chi connectivity index (χ0v) is 20.6. The van der Waals surface area contributed by atoms with E-state index in [1.807, 2.05) is 21.4 Å². The second-order valence-corrected chi connectivity index (χ2v) is 11.0. The van der Waals surface area contributed by atoms with Gasteiger partial charge in [0.2, 0.25) is 0 Å². The Morgan fingerprint density at radius 1 is 1.25 bits per heavy atom. The van der Waals surface area contributed by atoms with Crippen LogP contribution < -0.4 is 5.56 Å². The zero-order valence-electron chi connectivity index (χ0n) is 18.2. The lowest BCUT2D eigenvalue weighted by molar-refractivity contribution is 0.379. The van der Waals surface area contributed by atoms with E-state index in [1.54, 1.807) is 22.7 Å². The highest BCUT2D eigenvalue weighted by atomic mass is 32.2. The smallest absolute Gasteiger partial charge is 0.263 e. The van der Waals surface area contributed by atoms with Crippen molar-refractivity contribution in [1.29, 1.82) is 0 Å². The van der Waals surface area contributed by atoms with E-state index in [0.717, 1.165) is 53.2 Å². The number of nitrogens with zero attached hydrogens (tertiary/aromatic N) is 5. The van der Waals surface area contributed by atoms with Crippen molar-refractivity contribution in [2.75, 3.05) is 20.6 Å². The standard InChI is InChI=1S/C22H25N5O2S3/c1-26(2)9-5-10-27-21(28)18-15-6-3-4-7-16(15)32-20(18)24-22(27)31-13-17-23-19(29-25-17)14-8-11-30-12-14/h8,11-12H,3-7,9-10,13H2,1-2H3. The molecule has 4 heterocycles. The zero-order chi connectivity index (χ0) is 22.1. The number of thioether (sulfide) groups is 1. The van der Waals surface area contributed by atoms with Gasteiger partial charge in [-0.1, -0.05) is 16.9 Å². The molecule has 0 saturated heterocycles. The molecule has 0 atom stereocenters. The molecule has 168 valence electrons. The Hall–Kier alpha value is -2.01. The Kier molecular flexibility index (Phi) is 6.45. The van der Waals surface area contributed by atoms with Crippen molar-refractivity contribution in [3.05, 3.63) is 43.4 Å². The molecule has 0 aliphatic heterocycles. The Labute approximate surface area is 198 Å². The van der Waals surface area contributed by atoms with Gasteiger partial charge in [-0.15, -0.1) is 11.3 Å². The highest BCUT2D eigenvalue weighted by molar-refractivity contribution is 7.98. The minimum Gasteiger partial charge on any atom is -0.334 e. The molecule has 0 bridgehead atoms. The Bertz CT molecular complexity index is 1270. The molecule has 32 heavy (non-hydrogen) atoms. The molecule has 4 aromatic heterocycles. The molecule has 0 aromatic carbocycles. The van der Waals surface area contributed by atoms with Gasteiger partial charge in [-0.25, -0.2) is 4.98 Å².